The highest BCUT2D eigenvalue weighted by Crippen LogP contribution is 2.25. The molecule has 4 rings (SSSR count). The molecule has 0 unspecified atom stereocenters. The van der Waals surface area contributed by atoms with E-state index in [0.29, 0.717) is 42.5 Å². The van der Waals surface area contributed by atoms with Gasteiger partial charge in [0.25, 0.3) is 0 Å². The summed E-state index contributed by atoms with van der Waals surface area (Å²) in [6.07, 6.45) is 9.09. The summed E-state index contributed by atoms with van der Waals surface area (Å²) in [7, 11) is 0. The Kier molecular flexibility index (Phi) is 8.39. The van der Waals surface area contributed by atoms with E-state index in [-0.39, 0.29) is 11.7 Å². The Morgan fingerprint density at radius 3 is 2.75 bits per heavy atom. The number of nitrogens with one attached hydrogen (secondary N) is 1. The number of furan rings is 1. The Labute approximate surface area is 192 Å². The van der Waals surface area contributed by atoms with E-state index >= 15 is 0 Å². The lowest BCUT2D eigenvalue weighted by atomic mass is 9.98. The number of hydrogen-bond donors (Lipinski definition) is 1. The Morgan fingerprint density at radius 2 is 1.97 bits per heavy atom. The van der Waals surface area contributed by atoms with E-state index in [2.05, 4.69) is 27.6 Å². The van der Waals surface area contributed by atoms with Gasteiger partial charge in [-0.2, -0.15) is 0 Å². The third-order valence-electron chi connectivity index (χ3n) is 5.52. The molecule has 170 valence electrons. The van der Waals surface area contributed by atoms with Crippen molar-refractivity contribution in [3.63, 3.8) is 0 Å². The molecule has 0 atom stereocenters. The molecule has 32 heavy (non-hydrogen) atoms. The van der Waals surface area contributed by atoms with E-state index < -0.39 is 0 Å². The van der Waals surface area contributed by atoms with E-state index in [1.165, 1.54) is 43.9 Å². The highest BCUT2D eigenvalue weighted by molar-refractivity contribution is 7.99. The molecule has 1 aromatic carbocycles. The summed E-state index contributed by atoms with van der Waals surface area (Å²) >= 11 is 1.38. The van der Waals surface area contributed by atoms with E-state index in [9.17, 15) is 4.79 Å². The van der Waals surface area contributed by atoms with Crippen LogP contribution in [0.15, 0.2) is 58.3 Å². The predicted octanol–water partition coefficient (Wildman–Crippen LogP) is 4.53. The number of hydrogen-bond acceptors (Lipinski definition) is 6. The standard InChI is InChI=1S/C24H30N4O3S/c29-22(25-14-8-16-30-20-11-5-2-6-12-20)18-32-24-27-26-23(21-13-7-15-31-21)28(24)17-19-9-3-1-4-10-19/h1,3-4,7,9-10,13,15,20H,2,5-6,8,11-12,14,16-18H2,(H,25,29). The van der Waals surface area contributed by atoms with Gasteiger partial charge in [-0.1, -0.05) is 61.4 Å². The molecule has 1 N–H and O–H groups in total. The van der Waals surface area contributed by atoms with Crippen LogP contribution in [0.2, 0.25) is 0 Å². The monoisotopic (exact) mass is 454 g/mol. The van der Waals surface area contributed by atoms with Crippen LogP contribution in [0, 0.1) is 0 Å². The smallest absolute Gasteiger partial charge is 0.230 e. The first-order chi connectivity index (χ1) is 15.8. The van der Waals surface area contributed by atoms with Gasteiger partial charge in [-0.3, -0.25) is 9.36 Å². The first kappa shape index (κ1) is 22.6. The minimum Gasteiger partial charge on any atom is -0.461 e. The van der Waals surface area contributed by atoms with Crippen molar-refractivity contribution in [3.8, 4) is 11.6 Å². The third-order valence-corrected chi connectivity index (χ3v) is 6.49. The normalized spacial score (nSPS) is 14.5. The van der Waals surface area contributed by atoms with Crippen LogP contribution in [0.1, 0.15) is 44.1 Å². The van der Waals surface area contributed by atoms with Gasteiger partial charge in [0.05, 0.1) is 24.7 Å². The molecule has 0 radical (unpaired) electrons. The molecule has 3 aromatic rings. The molecule has 2 heterocycles. The molecule has 1 amide bonds. The second kappa shape index (κ2) is 11.9. The van der Waals surface area contributed by atoms with E-state index in [1.54, 1.807) is 6.26 Å². The first-order valence-corrected chi connectivity index (χ1v) is 12.3. The lowest BCUT2D eigenvalue weighted by Gasteiger charge is -2.21. The van der Waals surface area contributed by atoms with Crippen molar-refractivity contribution in [2.24, 2.45) is 0 Å². The molecule has 1 saturated carbocycles. The highest BCUT2D eigenvalue weighted by Gasteiger charge is 2.18. The summed E-state index contributed by atoms with van der Waals surface area (Å²) in [5, 5.41) is 12.3. The molecule has 2 aromatic heterocycles. The van der Waals surface area contributed by atoms with Crippen molar-refractivity contribution < 1.29 is 13.9 Å². The maximum atomic E-state index is 12.3. The van der Waals surface area contributed by atoms with Gasteiger partial charge in [0.2, 0.25) is 11.7 Å². The minimum atomic E-state index is -0.0125. The quantitative estimate of drug-likeness (QED) is 0.338. The maximum Gasteiger partial charge on any atom is 0.230 e. The Balaban J connectivity index is 1.27. The molecule has 0 saturated heterocycles. The number of thioether (sulfide) groups is 1. The van der Waals surface area contributed by atoms with Crippen LogP contribution < -0.4 is 5.32 Å². The van der Waals surface area contributed by atoms with Gasteiger partial charge in [-0.15, -0.1) is 10.2 Å². The van der Waals surface area contributed by atoms with Gasteiger partial charge < -0.3 is 14.5 Å². The molecule has 8 heteroatoms. The van der Waals surface area contributed by atoms with Gasteiger partial charge in [0.1, 0.15) is 0 Å². The molecule has 1 aliphatic rings. The Morgan fingerprint density at radius 1 is 1.12 bits per heavy atom. The van der Waals surface area contributed by atoms with Crippen LogP contribution >= 0.6 is 11.8 Å². The first-order valence-electron chi connectivity index (χ1n) is 11.3. The number of nitrogens with zero attached hydrogens (tertiary/aromatic N) is 3. The molecule has 1 aliphatic carbocycles. The van der Waals surface area contributed by atoms with Crippen molar-refractivity contribution in [3.05, 3.63) is 54.3 Å². The lowest BCUT2D eigenvalue weighted by molar-refractivity contribution is -0.118. The fraction of sp³-hybridized carbons (Fsp3) is 0.458. The minimum absolute atomic E-state index is 0.0125. The molecule has 0 spiro atoms. The Bertz CT molecular complexity index is 953. The number of rotatable bonds is 11. The van der Waals surface area contributed by atoms with Crippen LogP contribution in [0.3, 0.4) is 0 Å². The average molecular weight is 455 g/mol. The summed E-state index contributed by atoms with van der Waals surface area (Å²) in [4.78, 5) is 12.3. The number of carbonyl (C=O) groups excluding carboxylic acids is 1. The van der Waals surface area contributed by atoms with Crippen LogP contribution in [-0.4, -0.2) is 45.7 Å². The van der Waals surface area contributed by atoms with Gasteiger partial charge in [0.15, 0.2) is 10.9 Å². The molecule has 0 aliphatic heterocycles. The fourth-order valence-electron chi connectivity index (χ4n) is 3.85. The largest absolute Gasteiger partial charge is 0.461 e. The summed E-state index contributed by atoms with van der Waals surface area (Å²) in [6, 6.07) is 13.8. The van der Waals surface area contributed by atoms with Crippen molar-refractivity contribution >= 4 is 17.7 Å². The van der Waals surface area contributed by atoms with E-state index in [4.69, 9.17) is 9.15 Å². The highest BCUT2D eigenvalue weighted by atomic mass is 32.2. The summed E-state index contributed by atoms with van der Waals surface area (Å²) < 4.78 is 13.4. The van der Waals surface area contributed by atoms with Crippen molar-refractivity contribution in [2.75, 3.05) is 18.9 Å². The predicted molar refractivity (Wildman–Crippen MR) is 124 cm³/mol. The number of ether oxygens (including phenoxy) is 1. The van der Waals surface area contributed by atoms with Crippen molar-refractivity contribution in [1.29, 1.82) is 0 Å². The van der Waals surface area contributed by atoms with Crippen molar-refractivity contribution in [2.45, 2.75) is 56.3 Å². The summed E-state index contributed by atoms with van der Waals surface area (Å²) in [6.45, 7) is 1.93. The van der Waals surface area contributed by atoms with Gasteiger partial charge in [-0.05, 0) is 37.0 Å². The SMILES string of the molecule is O=C(CSc1nnc(-c2ccco2)n1Cc1ccccc1)NCCCOC1CCCCC1. The number of amides is 1. The van der Waals surface area contributed by atoms with Crippen LogP contribution in [0.4, 0.5) is 0 Å². The van der Waals surface area contributed by atoms with Crippen molar-refractivity contribution in [1.82, 2.24) is 20.1 Å². The topological polar surface area (TPSA) is 82.2 Å². The molecule has 7 nitrogen and oxygen atoms in total. The number of benzene rings is 1. The lowest BCUT2D eigenvalue weighted by Crippen LogP contribution is -2.27. The zero-order valence-electron chi connectivity index (χ0n) is 18.2. The molecule has 1 fully saturated rings. The third kappa shape index (κ3) is 6.46. The van der Waals surface area contributed by atoms with Crippen LogP contribution in [0.5, 0.6) is 0 Å². The van der Waals surface area contributed by atoms with E-state index in [0.717, 1.165) is 12.0 Å². The van der Waals surface area contributed by atoms with Gasteiger partial charge >= 0.3 is 0 Å². The second-order valence-electron chi connectivity index (χ2n) is 7.98. The zero-order valence-corrected chi connectivity index (χ0v) is 19.1. The van der Waals surface area contributed by atoms with Crippen LogP contribution in [0.25, 0.3) is 11.6 Å². The fourth-order valence-corrected chi connectivity index (χ4v) is 4.62. The zero-order chi connectivity index (χ0) is 22.0. The second-order valence-corrected chi connectivity index (χ2v) is 8.92. The van der Waals surface area contributed by atoms with Gasteiger partial charge in [0, 0.05) is 13.2 Å². The van der Waals surface area contributed by atoms with E-state index in [1.807, 2.05) is 34.9 Å². The summed E-state index contributed by atoms with van der Waals surface area (Å²) in [5.74, 6) is 1.58. The Hall–Kier alpha value is -2.58. The summed E-state index contributed by atoms with van der Waals surface area (Å²) in [5.41, 5.74) is 1.13. The number of carbonyl (C=O) groups is 1. The number of aromatic nitrogens is 3. The molecular weight excluding hydrogens is 424 g/mol. The van der Waals surface area contributed by atoms with Gasteiger partial charge in [-0.25, -0.2) is 0 Å². The molecular formula is C24H30N4O3S. The molecule has 0 bridgehead atoms. The maximum absolute atomic E-state index is 12.3. The van der Waals surface area contributed by atoms with Crippen LogP contribution in [-0.2, 0) is 16.1 Å². The average Bonchev–Trinajstić information content (AvgIpc) is 3.49.